The predicted molar refractivity (Wildman–Crippen MR) is 70.2 cm³/mol. The highest BCUT2D eigenvalue weighted by Crippen LogP contribution is 2.21. The summed E-state index contributed by atoms with van der Waals surface area (Å²) >= 11 is 0. The van der Waals surface area contributed by atoms with Gasteiger partial charge < -0.3 is 10.1 Å². The lowest BCUT2D eigenvalue weighted by Crippen LogP contribution is -2.18. The van der Waals surface area contributed by atoms with Crippen LogP contribution < -0.4 is 16.6 Å². The van der Waals surface area contributed by atoms with Gasteiger partial charge in [0.1, 0.15) is 0 Å². The van der Waals surface area contributed by atoms with Crippen LogP contribution in [-0.4, -0.2) is 20.6 Å². The number of benzene rings is 1. The molecule has 0 spiro atoms. The number of rotatable bonds is 5. The Hall–Kier alpha value is -1.85. The molecule has 1 rings (SSSR count). The summed E-state index contributed by atoms with van der Waals surface area (Å²) in [4.78, 5) is 8.94. The smallest absolute Gasteiger partial charge is 0.221 e. The van der Waals surface area contributed by atoms with Crippen LogP contribution in [0.3, 0.4) is 0 Å². The van der Waals surface area contributed by atoms with E-state index in [0.717, 1.165) is 16.8 Å². The first-order valence-corrected chi connectivity index (χ1v) is 5.05. The summed E-state index contributed by atoms with van der Waals surface area (Å²) in [5.41, 5.74) is 5.12. The molecule has 0 radical (unpaired) electrons. The monoisotopic (exact) mass is 237 g/mol. The van der Waals surface area contributed by atoms with Crippen molar-refractivity contribution >= 4 is 18.2 Å². The largest absolute Gasteiger partial charge is 0.388 e. The number of nitrogens with two attached hydrogens (primary N) is 1. The van der Waals surface area contributed by atoms with Crippen molar-refractivity contribution in [3.05, 3.63) is 35.9 Å². The van der Waals surface area contributed by atoms with Crippen LogP contribution in [0.1, 0.15) is 11.1 Å². The van der Waals surface area contributed by atoms with Crippen molar-refractivity contribution in [1.29, 1.82) is 0 Å². The molecule has 0 atom stereocenters. The molecular formula is C12H19N3O2. The van der Waals surface area contributed by atoms with E-state index in [1.807, 2.05) is 31.3 Å². The molecule has 0 saturated carbocycles. The average molecular weight is 237 g/mol. The van der Waals surface area contributed by atoms with Crippen LogP contribution in [0.15, 0.2) is 24.8 Å². The lowest BCUT2D eigenvalue weighted by molar-refractivity contribution is -0.109. The molecule has 0 aromatic heterocycles. The first-order valence-electron chi connectivity index (χ1n) is 5.05. The Morgan fingerprint density at radius 2 is 2.18 bits per heavy atom. The van der Waals surface area contributed by atoms with Gasteiger partial charge in [-0.05, 0) is 11.6 Å². The van der Waals surface area contributed by atoms with Gasteiger partial charge in [-0.3, -0.25) is 10.2 Å². The predicted octanol–water partition coefficient (Wildman–Crippen LogP) is 1.12. The number of hydrogen-bond acceptors (Lipinski definition) is 4. The topological polar surface area (TPSA) is 76.4 Å². The molecule has 1 aromatic rings. The zero-order valence-electron chi connectivity index (χ0n) is 10.2. The molecule has 5 nitrogen and oxygen atoms in total. The van der Waals surface area contributed by atoms with Crippen molar-refractivity contribution in [2.45, 2.75) is 6.61 Å². The van der Waals surface area contributed by atoms with Crippen molar-refractivity contribution in [2.75, 3.05) is 19.5 Å². The quantitative estimate of drug-likeness (QED) is 0.310. The zero-order chi connectivity index (χ0) is 13.1. The number of carbonyl (C=O) groups is 1. The first kappa shape index (κ1) is 15.2. The van der Waals surface area contributed by atoms with E-state index in [2.05, 4.69) is 17.7 Å². The van der Waals surface area contributed by atoms with Gasteiger partial charge in [-0.15, -0.1) is 0 Å². The summed E-state index contributed by atoms with van der Waals surface area (Å²) in [5, 5.41) is 3.13. The lowest BCUT2D eigenvalue weighted by Gasteiger charge is -2.11. The normalized spacial score (nSPS) is 8.65. The molecule has 0 saturated heterocycles. The summed E-state index contributed by atoms with van der Waals surface area (Å²) in [5.74, 6) is 4.41. The van der Waals surface area contributed by atoms with Crippen molar-refractivity contribution in [3.8, 4) is 0 Å². The van der Waals surface area contributed by atoms with Crippen LogP contribution in [0.2, 0.25) is 0 Å². The Kier molecular flexibility index (Phi) is 8.36. The third-order valence-electron chi connectivity index (χ3n) is 2.06. The van der Waals surface area contributed by atoms with Gasteiger partial charge in [0.25, 0.3) is 0 Å². The van der Waals surface area contributed by atoms with Crippen LogP contribution in [-0.2, 0) is 16.1 Å². The molecule has 0 fully saturated rings. The molecule has 0 heterocycles. The van der Waals surface area contributed by atoms with E-state index >= 15 is 0 Å². The molecule has 5 heteroatoms. The van der Waals surface area contributed by atoms with Gasteiger partial charge in [0.15, 0.2) is 0 Å². The number of amides is 1. The zero-order valence-corrected chi connectivity index (χ0v) is 10.2. The number of ether oxygens (including phenoxy) is 1. The fraction of sp³-hybridized carbons (Fsp3) is 0.250. The number of anilines is 1. The van der Waals surface area contributed by atoms with Crippen LogP contribution in [0.25, 0.3) is 6.08 Å². The highest BCUT2D eigenvalue weighted by Gasteiger charge is 2.03. The molecule has 0 aliphatic heterocycles. The lowest BCUT2D eigenvalue weighted by atomic mass is 10.1. The Labute approximate surface area is 102 Å². The van der Waals surface area contributed by atoms with Crippen molar-refractivity contribution in [1.82, 2.24) is 5.43 Å². The van der Waals surface area contributed by atoms with Gasteiger partial charge in [0.05, 0.1) is 6.61 Å². The maximum Gasteiger partial charge on any atom is 0.221 e. The molecule has 1 aromatic carbocycles. The third-order valence-corrected chi connectivity index (χ3v) is 2.06. The van der Waals surface area contributed by atoms with Gasteiger partial charge in [-0.25, -0.2) is 5.84 Å². The van der Waals surface area contributed by atoms with E-state index in [9.17, 15) is 0 Å². The Bertz CT molecular complexity index is 354. The highest BCUT2D eigenvalue weighted by atomic mass is 16.5. The first-order chi connectivity index (χ1) is 8.24. The van der Waals surface area contributed by atoms with E-state index in [1.54, 1.807) is 12.5 Å². The molecule has 4 N–H and O–H groups in total. The molecule has 94 valence electrons. The maximum absolute atomic E-state index is 8.94. The van der Waals surface area contributed by atoms with Crippen LogP contribution in [0.4, 0.5) is 5.69 Å². The summed E-state index contributed by atoms with van der Waals surface area (Å²) in [6.07, 6.45) is 2.25. The van der Waals surface area contributed by atoms with E-state index in [0.29, 0.717) is 13.0 Å². The van der Waals surface area contributed by atoms with E-state index in [-0.39, 0.29) is 0 Å². The third kappa shape index (κ3) is 5.14. The molecule has 17 heavy (non-hydrogen) atoms. The van der Waals surface area contributed by atoms with Gasteiger partial charge in [0, 0.05) is 25.4 Å². The second-order valence-corrected chi connectivity index (χ2v) is 3.05. The van der Waals surface area contributed by atoms with Crippen molar-refractivity contribution in [2.24, 2.45) is 5.84 Å². The molecule has 0 bridgehead atoms. The SMILES string of the molecule is C=Cc1cccc(NC)c1COC.NNC=O. The van der Waals surface area contributed by atoms with Gasteiger partial charge in [0.2, 0.25) is 6.41 Å². The van der Waals surface area contributed by atoms with Gasteiger partial charge in [-0.1, -0.05) is 24.8 Å². The summed E-state index contributed by atoms with van der Waals surface area (Å²) < 4.78 is 5.13. The fourth-order valence-corrected chi connectivity index (χ4v) is 1.34. The van der Waals surface area contributed by atoms with Crippen LogP contribution >= 0.6 is 0 Å². The molecule has 1 amide bonds. The fourth-order valence-electron chi connectivity index (χ4n) is 1.34. The Balaban J connectivity index is 0.000000557. The van der Waals surface area contributed by atoms with E-state index in [4.69, 9.17) is 9.53 Å². The number of hydrogen-bond donors (Lipinski definition) is 3. The maximum atomic E-state index is 8.94. The minimum atomic E-state index is 0.403. The van der Waals surface area contributed by atoms with Crippen molar-refractivity contribution in [3.63, 3.8) is 0 Å². The summed E-state index contributed by atoms with van der Waals surface area (Å²) in [6, 6.07) is 6.06. The molecular weight excluding hydrogens is 218 g/mol. The summed E-state index contributed by atoms with van der Waals surface area (Å²) in [7, 11) is 3.60. The number of carbonyl (C=O) groups excluding carboxylic acids is 1. The summed E-state index contributed by atoms with van der Waals surface area (Å²) in [6.45, 7) is 4.38. The minimum Gasteiger partial charge on any atom is -0.388 e. The average Bonchev–Trinajstić information content (AvgIpc) is 2.39. The second-order valence-electron chi connectivity index (χ2n) is 3.05. The number of methoxy groups -OCH3 is 1. The van der Waals surface area contributed by atoms with Crippen molar-refractivity contribution < 1.29 is 9.53 Å². The van der Waals surface area contributed by atoms with Crippen LogP contribution in [0.5, 0.6) is 0 Å². The molecule has 0 unspecified atom stereocenters. The van der Waals surface area contributed by atoms with Gasteiger partial charge >= 0.3 is 0 Å². The second kappa shape index (κ2) is 9.38. The van der Waals surface area contributed by atoms with E-state index in [1.165, 1.54) is 0 Å². The molecule has 0 aliphatic carbocycles. The highest BCUT2D eigenvalue weighted by molar-refractivity contribution is 5.63. The number of hydrazine groups is 1. The van der Waals surface area contributed by atoms with Gasteiger partial charge in [-0.2, -0.15) is 0 Å². The molecule has 0 aliphatic rings. The minimum absolute atomic E-state index is 0.403. The Morgan fingerprint density at radius 3 is 2.59 bits per heavy atom. The van der Waals surface area contributed by atoms with Crippen LogP contribution in [0, 0.1) is 0 Å². The number of nitrogens with one attached hydrogen (secondary N) is 2. The Morgan fingerprint density at radius 1 is 1.53 bits per heavy atom. The van der Waals surface area contributed by atoms with E-state index < -0.39 is 0 Å². The standard InChI is InChI=1S/C11H15NO.CH4N2O/c1-4-9-6-5-7-11(12-2)10(9)8-13-3;2-3-1-4/h4-7,12H,1,8H2,2-3H3;1H,2H2,(H,3,4).